The molecule has 0 bridgehead atoms. The molecule has 8 heteroatoms. The number of aromatic nitrogens is 2. The normalized spacial score (nSPS) is 19.0. The molecule has 1 aromatic heterocycles. The van der Waals surface area contributed by atoms with E-state index in [1.54, 1.807) is 16.7 Å². The summed E-state index contributed by atoms with van der Waals surface area (Å²) in [7, 11) is 0. The molecule has 0 radical (unpaired) electrons. The van der Waals surface area contributed by atoms with Crippen LogP contribution in [-0.2, 0) is 0 Å². The number of piperazine rings is 1. The number of fused-ring (bicyclic) bond motifs is 2. The van der Waals surface area contributed by atoms with E-state index in [9.17, 15) is 9.90 Å². The van der Waals surface area contributed by atoms with Gasteiger partial charge in [-0.2, -0.15) is 4.98 Å². The summed E-state index contributed by atoms with van der Waals surface area (Å²) in [5, 5.41) is 14.8. The average molecular weight is 501 g/mol. The minimum atomic E-state index is -0.554. The molecular formula is C29H29FN4O3. The van der Waals surface area contributed by atoms with Gasteiger partial charge in [0.2, 0.25) is 0 Å². The zero-order chi connectivity index (χ0) is 25.8. The number of ether oxygens (including phenoxy) is 1. The number of halogens is 1. The lowest BCUT2D eigenvalue weighted by molar-refractivity contribution is 0.263. The second kappa shape index (κ2) is 8.88. The number of aromatic hydroxyl groups is 1. The number of anilines is 1. The van der Waals surface area contributed by atoms with Gasteiger partial charge >= 0.3 is 5.69 Å². The third-order valence-electron chi connectivity index (χ3n) is 7.34. The van der Waals surface area contributed by atoms with E-state index in [0.717, 1.165) is 11.3 Å². The van der Waals surface area contributed by atoms with E-state index < -0.39 is 11.5 Å². The average Bonchev–Trinajstić information content (AvgIpc) is 3.01. The number of nitrogens with zero attached hydrogens (tertiary/aromatic N) is 3. The fourth-order valence-electron chi connectivity index (χ4n) is 5.53. The maximum Gasteiger partial charge on any atom is 0.354 e. The Bertz CT molecular complexity index is 1560. The number of hydrogen-bond donors (Lipinski definition) is 2. The first kappa shape index (κ1) is 23.5. The maximum absolute atomic E-state index is 15.0. The van der Waals surface area contributed by atoms with Crippen LogP contribution < -0.4 is 20.6 Å². The second-order valence-electron chi connectivity index (χ2n) is 10.2. The quantitative estimate of drug-likeness (QED) is 0.429. The van der Waals surface area contributed by atoms with Crippen molar-refractivity contribution in [2.45, 2.75) is 38.8 Å². The van der Waals surface area contributed by atoms with Crippen LogP contribution in [-0.4, -0.2) is 46.4 Å². The van der Waals surface area contributed by atoms with Crippen LogP contribution in [0.3, 0.4) is 0 Å². The summed E-state index contributed by atoms with van der Waals surface area (Å²) in [5.74, 6) is 0.507. The van der Waals surface area contributed by atoms with Gasteiger partial charge in [-0.25, -0.2) is 9.18 Å². The molecule has 2 N–H and O–H groups in total. The van der Waals surface area contributed by atoms with E-state index in [1.807, 2.05) is 24.3 Å². The lowest BCUT2D eigenvalue weighted by Gasteiger charge is -2.38. The monoisotopic (exact) mass is 500 g/mol. The van der Waals surface area contributed by atoms with E-state index in [0.29, 0.717) is 47.7 Å². The third-order valence-corrected chi connectivity index (χ3v) is 7.34. The van der Waals surface area contributed by atoms with Crippen molar-refractivity contribution in [1.29, 1.82) is 0 Å². The third kappa shape index (κ3) is 3.83. The summed E-state index contributed by atoms with van der Waals surface area (Å²) < 4.78 is 22.9. The number of benzene rings is 3. The van der Waals surface area contributed by atoms with Gasteiger partial charge in [0.15, 0.2) is 0 Å². The van der Waals surface area contributed by atoms with E-state index in [2.05, 4.69) is 36.0 Å². The van der Waals surface area contributed by atoms with Crippen LogP contribution in [0, 0.1) is 5.82 Å². The lowest BCUT2D eigenvalue weighted by atomic mass is 9.99. The van der Waals surface area contributed by atoms with E-state index in [-0.39, 0.29) is 29.3 Å². The molecule has 4 aromatic rings. The van der Waals surface area contributed by atoms with Crippen LogP contribution in [0.4, 0.5) is 10.2 Å². The fraction of sp³-hybridized carbons (Fsp3) is 0.310. The molecular weight excluding hydrogens is 471 g/mol. The lowest BCUT2D eigenvalue weighted by Crippen LogP contribution is -2.57. The van der Waals surface area contributed by atoms with Crippen LogP contribution in [0.1, 0.15) is 32.3 Å². The van der Waals surface area contributed by atoms with Gasteiger partial charge in [-0.3, -0.25) is 4.57 Å². The van der Waals surface area contributed by atoms with Gasteiger partial charge in [0.25, 0.3) is 0 Å². The Morgan fingerprint density at radius 1 is 1.16 bits per heavy atom. The molecule has 3 heterocycles. The van der Waals surface area contributed by atoms with E-state index in [4.69, 9.17) is 4.74 Å². The van der Waals surface area contributed by atoms with Gasteiger partial charge in [-0.05, 0) is 54.3 Å². The highest BCUT2D eigenvalue weighted by Crippen LogP contribution is 2.43. The summed E-state index contributed by atoms with van der Waals surface area (Å²) in [6.07, 6.45) is 0. The molecule has 1 fully saturated rings. The Morgan fingerprint density at radius 2 is 1.97 bits per heavy atom. The molecule has 3 aromatic carbocycles. The highest BCUT2D eigenvalue weighted by atomic mass is 19.1. The SMILES string of the molecule is CC(C)c1ccccc1-n1c(=O)nc2c3c(cc(-c4c(O)cccc4F)cc31)OC[C@@H]1CN[C@@H](C)CN21. The minimum absolute atomic E-state index is 0.0113. The first-order valence-corrected chi connectivity index (χ1v) is 12.6. The fourth-order valence-corrected chi connectivity index (χ4v) is 5.53. The van der Waals surface area contributed by atoms with Crippen molar-refractivity contribution >= 4 is 16.7 Å². The Morgan fingerprint density at radius 3 is 2.76 bits per heavy atom. The molecule has 0 aliphatic carbocycles. The second-order valence-corrected chi connectivity index (χ2v) is 10.2. The number of phenolic OH excluding ortho intramolecular Hbond substituents is 1. The van der Waals surface area contributed by atoms with Gasteiger partial charge in [-0.15, -0.1) is 0 Å². The van der Waals surface area contributed by atoms with Crippen LogP contribution >= 0.6 is 0 Å². The molecule has 2 aliphatic heterocycles. The Hall–Kier alpha value is -3.91. The summed E-state index contributed by atoms with van der Waals surface area (Å²) in [6.45, 7) is 8.01. The number of hydrogen-bond acceptors (Lipinski definition) is 6. The maximum atomic E-state index is 15.0. The molecule has 1 saturated heterocycles. The Kier molecular flexibility index (Phi) is 5.64. The van der Waals surface area contributed by atoms with Crippen molar-refractivity contribution in [2.75, 3.05) is 24.6 Å². The van der Waals surface area contributed by atoms with Gasteiger partial charge in [-0.1, -0.05) is 38.1 Å². The van der Waals surface area contributed by atoms with Crippen LogP contribution in [0.25, 0.3) is 27.7 Å². The smallest absolute Gasteiger partial charge is 0.354 e. The predicted molar refractivity (Wildman–Crippen MR) is 143 cm³/mol. The van der Waals surface area contributed by atoms with Crippen molar-refractivity contribution in [3.05, 3.63) is 76.5 Å². The van der Waals surface area contributed by atoms with Gasteiger partial charge in [0.05, 0.1) is 28.2 Å². The summed E-state index contributed by atoms with van der Waals surface area (Å²) >= 11 is 0. The van der Waals surface area contributed by atoms with E-state index in [1.165, 1.54) is 18.2 Å². The first-order chi connectivity index (χ1) is 17.8. The highest BCUT2D eigenvalue weighted by molar-refractivity contribution is 6.00. The molecule has 7 nitrogen and oxygen atoms in total. The summed E-state index contributed by atoms with van der Waals surface area (Å²) in [5.41, 5.74) is 2.35. The first-order valence-electron chi connectivity index (χ1n) is 12.6. The minimum Gasteiger partial charge on any atom is -0.507 e. The summed E-state index contributed by atoms with van der Waals surface area (Å²) in [4.78, 5) is 20.6. The van der Waals surface area contributed by atoms with Crippen LogP contribution in [0.2, 0.25) is 0 Å². The Labute approximate surface area is 214 Å². The molecule has 190 valence electrons. The van der Waals surface area contributed by atoms with Crippen molar-refractivity contribution in [3.8, 4) is 28.3 Å². The van der Waals surface area contributed by atoms with Gasteiger partial charge in [0.1, 0.15) is 29.7 Å². The zero-order valence-corrected chi connectivity index (χ0v) is 21.0. The zero-order valence-electron chi connectivity index (χ0n) is 21.0. The predicted octanol–water partition coefficient (Wildman–Crippen LogP) is 4.58. The van der Waals surface area contributed by atoms with Crippen molar-refractivity contribution < 1.29 is 14.2 Å². The molecule has 0 saturated carbocycles. The standard InChI is InChI=1S/C29H29FN4O3/c1-16(2)20-7-4-5-9-22(20)34-23-11-18(26-21(30)8-6-10-24(26)35)12-25-27(23)28(32-29(34)36)33-14-17(3)31-13-19(33)15-37-25/h4-12,16-17,19,31,35H,13-15H2,1-3H3/t17-,19-/m0/s1. The molecule has 0 amide bonds. The number of nitrogens with one attached hydrogen (secondary N) is 1. The summed E-state index contributed by atoms with van der Waals surface area (Å²) in [6, 6.07) is 15.7. The molecule has 37 heavy (non-hydrogen) atoms. The molecule has 2 atom stereocenters. The van der Waals surface area contributed by atoms with Crippen molar-refractivity contribution in [1.82, 2.24) is 14.9 Å². The topological polar surface area (TPSA) is 79.6 Å². The molecule has 2 aliphatic rings. The van der Waals surface area contributed by atoms with Gasteiger partial charge < -0.3 is 20.1 Å². The van der Waals surface area contributed by atoms with Crippen molar-refractivity contribution in [2.24, 2.45) is 0 Å². The number of rotatable bonds is 3. The van der Waals surface area contributed by atoms with E-state index >= 15 is 4.39 Å². The van der Waals surface area contributed by atoms with Crippen LogP contribution in [0.15, 0.2) is 59.4 Å². The molecule has 6 rings (SSSR count). The molecule has 0 spiro atoms. The largest absolute Gasteiger partial charge is 0.507 e. The highest BCUT2D eigenvalue weighted by Gasteiger charge is 2.34. The van der Waals surface area contributed by atoms with Gasteiger partial charge in [0, 0.05) is 19.1 Å². The Balaban J connectivity index is 1.73. The van der Waals surface area contributed by atoms with Crippen LogP contribution in [0.5, 0.6) is 11.5 Å². The molecule has 0 unspecified atom stereocenters. The van der Waals surface area contributed by atoms with Crippen molar-refractivity contribution in [3.63, 3.8) is 0 Å². The number of para-hydroxylation sites is 1. The number of phenols is 1.